The standard InChI is InChI=1S/C11H21NO5S/c1-8(2)10(7-11(13)14)12-18(15,16)9-3-5-17-6-4-9/h8-10,12H,3-7H2,1-2H3,(H,13,14). The maximum absolute atomic E-state index is 12.1. The molecule has 0 bridgehead atoms. The van der Waals surface area contributed by atoms with Crippen molar-refractivity contribution >= 4 is 16.0 Å². The van der Waals surface area contributed by atoms with Gasteiger partial charge >= 0.3 is 5.97 Å². The Balaban J connectivity index is 2.68. The number of carbonyl (C=O) groups is 1. The van der Waals surface area contributed by atoms with Gasteiger partial charge in [-0.1, -0.05) is 13.8 Å². The summed E-state index contributed by atoms with van der Waals surface area (Å²) in [5, 5.41) is 8.31. The highest BCUT2D eigenvalue weighted by molar-refractivity contribution is 7.90. The first-order valence-corrected chi connectivity index (χ1v) is 7.68. The first-order chi connectivity index (χ1) is 8.33. The molecule has 106 valence electrons. The molecule has 1 aliphatic rings. The van der Waals surface area contributed by atoms with E-state index in [1.54, 1.807) is 13.8 Å². The Bertz CT molecular complexity index is 373. The molecule has 0 radical (unpaired) electrons. The summed E-state index contributed by atoms with van der Waals surface area (Å²) in [6, 6.07) is -0.560. The fraction of sp³-hybridized carbons (Fsp3) is 0.909. The van der Waals surface area contributed by atoms with Gasteiger partial charge < -0.3 is 9.84 Å². The third-order valence-corrected chi connectivity index (χ3v) is 5.10. The first-order valence-electron chi connectivity index (χ1n) is 6.13. The molecule has 0 aromatic carbocycles. The number of rotatable bonds is 6. The van der Waals surface area contributed by atoms with E-state index in [2.05, 4.69) is 4.72 Å². The van der Waals surface area contributed by atoms with Crippen LogP contribution in [-0.2, 0) is 19.6 Å². The second kappa shape index (κ2) is 6.49. The van der Waals surface area contributed by atoms with E-state index < -0.39 is 27.3 Å². The summed E-state index contributed by atoms with van der Waals surface area (Å²) in [5.74, 6) is -1.06. The molecule has 1 aliphatic heterocycles. The molecule has 0 aliphatic carbocycles. The molecule has 0 spiro atoms. The average Bonchev–Trinajstić information content (AvgIpc) is 2.28. The Morgan fingerprint density at radius 1 is 1.39 bits per heavy atom. The third kappa shape index (κ3) is 4.55. The van der Waals surface area contributed by atoms with Gasteiger partial charge in [-0.05, 0) is 18.8 Å². The van der Waals surface area contributed by atoms with Crippen LogP contribution in [0.4, 0.5) is 0 Å². The van der Waals surface area contributed by atoms with Crippen molar-refractivity contribution in [3.63, 3.8) is 0 Å². The van der Waals surface area contributed by atoms with Gasteiger partial charge in [-0.15, -0.1) is 0 Å². The summed E-state index contributed by atoms with van der Waals surface area (Å²) < 4.78 is 31.9. The maximum atomic E-state index is 12.1. The highest BCUT2D eigenvalue weighted by Crippen LogP contribution is 2.17. The lowest BCUT2D eigenvalue weighted by Gasteiger charge is -2.26. The number of carboxylic acids is 1. The molecule has 7 heteroatoms. The molecule has 0 saturated carbocycles. The molecule has 0 amide bonds. The summed E-state index contributed by atoms with van der Waals surface area (Å²) in [5.41, 5.74) is 0. The predicted octanol–water partition coefficient (Wildman–Crippen LogP) is 0.584. The van der Waals surface area contributed by atoms with Gasteiger partial charge in [0.2, 0.25) is 10.0 Å². The Kier molecular flexibility index (Phi) is 5.55. The van der Waals surface area contributed by atoms with Crippen molar-refractivity contribution in [1.29, 1.82) is 0 Å². The molecule has 1 atom stereocenters. The van der Waals surface area contributed by atoms with Crippen LogP contribution in [0.25, 0.3) is 0 Å². The molecule has 1 rings (SSSR count). The minimum Gasteiger partial charge on any atom is -0.481 e. The number of nitrogens with one attached hydrogen (secondary N) is 1. The van der Waals surface area contributed by atoms with E-state index in [4.69, 9.17) is 9.84 Å². The summed E-state index contributed by atoms with van der Waals surface area (Å²) in [7, 11) is -3.47. The summed E-state index contributed by atoms with van der Waals surface area (Å²) in [6.07, 6.45) is 0.737. The summed E-state index contributed by atoms with van der Waals surface area (Å²) in [4.78, 5) is 10.7. The highest BCUT2D eigenvalue weighted by Gasteiger charge is 2.31. The van der Waals surface area contributed by atoms with E-state index in [0.29, 0.717) is 26.1 Å². The number of sulfonamides is 1. The van der Waals surface area contributed by atoms with Crippen LogP contribution in [-0.4, -0.2) is 44.0 Å². The molecular formula is C11H21NO5S. The quantitative estimate of drug-likeness (QED) is 0.742. The molecule has 1 saturated heterocycles. The van der Waals surface area contributed by atoms with Crippen molar-refractivity contribution in [1.82, 2.24) is 4.72 Å². The van der Waals surface area contributed by atoms with Gasteiger partial charge in [0.15, 0.2) is 0 Å². The third-order valence-electron chi connectivity index (χ3n) is 3.12. The van der Waals surface area contributed by atoms with Crippen LogP contribution in [0.15, 0.2) is 0 Å². The predicted molar refractivity (Wildman–Crippen MR) is 66.8 cm³/mol. The molecule has 18 heavy (non-hydrogen) atoms. The van der Waals surface area contributed by atoms with Crippen LogP contribution in [0.2, 0.25) is 0 Å². The van der Waals surface area contributed by atoms with Crippen molar-refractivity contribution in [3.8, 4) is 0 Å². The highest BCUT2D eigenvalue weighted by atomic mass is 32.2. The Morgan fingerprint density at radius 2 is 1.94 bits per heavy atom. The van der Waals surface area contributed by atoms with Crippen LogP contribution in [0, 0.1) is 5.92 Å². The molecule has 1 unspecified atom stereocenters. The van der Waals surface area contributed by atoms with E-state index in [9.17, 15) is 13.2 Å². The van der Waals surface area contributed by atoms with E-state index in [0.717, 1.165) is 0 Å². The number of hydrogen-bond donors (Lipinski definition) is 2. The molecule has 1 fully saturated rings. The maximum Gasteiger partial charge on any atom is 0.304 e. The van der Waals surface area contributed by atoms with Gasteiger partial charge in [0.05, 0.1) is 11.7 Å². The van der Waals surface area contributed by atoms with Crippen LogP contribution in [0.1, 0.15) is 33.1 Å². The molecule has 2 N–H and O–H groups in total. The lowest BCUT2D eigenvalue weighted by Crippen LogP contribution is -2.46. The monoisotopic (exact) mass is 279 g/mol. The average molecular weight is 279 g/mol. The SMILES string of the molecule is CC(C)C(CC(=O)O)NS(=O)(=O)C1CCOCC1. The normalized spacial score (nSPS) is 19.9. The number of ether oxygens (including phenoxy) is 1. The van der Waals surface area contributed by atoms with E-state index in [1.807, 2.05) is 0 Å². The lowest BCUT2D eigenvalue weighted by atomic mass is 10.0. The Labute approximate surface area is 108 Å². The van der Waals surface area contributed by atoms with Gasteiger partial charge in [0, 0.05) is 19.3 Å². The van der Waals surface area contributed by atoms with Gasteiger partial charge in [-0.25, -0.2) is 13.1 Å². The van der Waals surface area contributed by atoms with Crippen LogP contribution < -0.4 is 4.72 Å². The van der Waals surface area contributed by atoms with Gasteiger partial charge in [0.25, 0.3) is 0 Å². The van der Waals surface area contributed by atoms with Crippen molar-refractivity contribution in [2.45, 2.75) is 44.4 Å². The largest absolute Gasteiger partial charge is 0.481 e. The topological polar surface area (TPSA) is 92.7 Å². The van der Waals surface area contributed by atoms with Crippen molar-refractivity contribution < 1.29 is 23.1 Å². The minimum atomic E-state index is -3.47. The number of aliphatic carboxylic acids is 1. The van der Waals surface area contributed by atoms with Crippen molar-refractivity contribution in [3.05, 3.63) is 0 Å². The smallest absolute Gasteiger partial charge is 0.304 e. The number of carboxylic acid groups (broad SMARTS) is 1. The zero-order valence-electron chi connectivity index (χ0n) is 10.8. The Morgan fingerprint density at radius 3 is 2.39 bits per heavy atom. The van der Waals surface area contributed by atoms with Gasteiger partial charge in [-0.2, -0.15) is 0 Å². The molecular weight excluding hydrogens is 258 g/mol. The fourth-order valence-corrected chi connectivity index (χ4v) is 3.68. The molecule has 1 heterocycles. The van der Waals surface area contributed by atoms with Gasteiger partial charge in [0.1, 0.15) is 0 Å². The molecule has 6 nitrogen and oxygen atoms in total. The first kappa shape index (κ1) is 15.4. The molecule has 0 aromatic heterocycles. The zero-order chi connectivity index (χ0) is 13.8. The Hall–Kier alpha value is -0.660. The van der Waals surface area contributed by atoms with E-state index >= 15 is 0 Å². The summed E-state index contributed by atoms with van der Waals surface area (Å²) in [6.45, 7) is 4.49. The van der Waals surface area contributed by atoms with E-state index in [-0.39, 0.29) is 12.3 Å². The van der Waals surface area contributed by atoms with Crippen LogP contribution in [0.5, 0.6) is 0 Å². The second-order valence-corrected chi connectivity index (χ2v) is 6.92. The van der Waals surface area contributed by atoms with Crippen molar-refractivity contribution in [2.75, 3.05) is 13.2 Å². The minimum absolute atomic E-state index is 0.0595. The molecule has 0 aromatic rings. The fourth-order valence-electron chi connectivity index (χ4n) is 1.90. The number of hydrogen-bond acceptors (Lipinski definition) is 4. The van der Waals surface area contributed by atoms with Gasteiger partial charge in [-0.3, -0.25) is 4.79 Å². The summed E-state index contributed by atoms with van der Waals surface area (Å²) >= 11 is 0. The van der Waals surface area contributed by atoms with Crippen LogP contribution in [0.3, 0.4) is 0 Å². The lowest BCUT2D eigenvalue weighted by molar-refractivity contribution is -0.137. The zero-order valence-corrected chi connectivity index (χ0v) is 11.6. The second-order valence-electron chi connectivity index (χ2n) is 4.92. The van der Waals surface area contributed by atoms with E-state index in [1.165, 1.54) is 0 Å². The van der Waals surface area contributed by atoms with Crippen LogP contribution >= 0.6 is 0 Å². The van der Waals surface area contributed by atoms with Crippen molar-refractivity contribution in [2.24, 2.45) is 5.92 Å².